The zero-order valence-electron chi connectivity index (χ0n) is 14.5. The summed E-state index contributed by atoms with van der Waals surface area (Å²) in [5, 5.41) is 9.01. The number of guanidine groups is 1. The van der Waals surface area contributed by atoms with E-state index in [0.29, 0.717) is 5.92 Å². The van der Waals surface area contributed by atoms with Gasteiger partial charge in [0, 0.05) is 43.5 Å². The second kappa shape index (κ2) is 11.3. The molecular weight excluding hydrogens is 419 g/mol. The number of rotatable bonds is 6. The number of nitrogens with one attached hydrogen (secondary N) is 2. The minimum absolute atomic E-state index is 0. The fraction of sp³-hybridized carbons (Fsp3) is 0.706. The predicted molar refractivity (Wildman–Crippen MR) is 112 cm³/mol. The van der Waals surface area contributed by atoms with Gasteiger partial charge in [-0.25, -0.2) is 0 Å². The van der Waals surface area contributed by atoms with Crippen molar-refractivity contribution in [2.75, 3.05) is 33.2 Å². The van der Waals surface area contributed by atoms with Gasteiger partial charge in [0.2, 0.25) is 0 Å². The van der Waals surface area contributed by atoms with E-state index in [0.717, 1.165) is 31.6 Å². The summed E-state index contributed by atoms with van der Waals surface area (Å²) in [6.07, 6.45) is 4.07. The van der Waals surface area contributed by atoms with Gasteiger partial charge in [-0.3, -0.25) is 9.89 Å². The fourth-order valence-electron chi connectivity index (χ4n) is 2.95. The Labute approximate surface area is 162 Å². The Morgan fingerprint density at radius 3 is 2.91 bits per heavy atom. The summed E-state index contributed by atoms with van der Waals surface area (Å²) in [5.74, 6) is 1.42. The molecule has 1 aromatic rings. The van der Waals surface area contributed by atoms with Gasteiger partial charge in [-0.1, -0.05) is 19.4 Å². The van der Waals surface area contributed by atoms with Crippen molar-refractivity contribution in [3.63, 3.8) is 0 Å². The molecule has 1 fully saturated rings. The highest BCUT2D eigenvalue weighted by molar-refractivity contribution is 14.0. The van der Waals surface area contributed by atoms with Crippen LogP contribution in [0.2, 0.25) is 0 Å². The number of thiophene rings is 1. The molecule has 0 saturated carbocycles. The number of nitrogens with zero attached hydrogens (tertiary/aromatic N) is 2. The minimum Gasteiger partial charge on any atom is -0.356 e. The van der Waals surface area contributed by atoms with Gasteiger partial charge in [0.25, 0.3) is 0 Å². The van der Waals surface area contributed by atoms with Crippen molar-refractivity contribution >= 4 is 41.3 Å². The Bertz CT molecular complexity index is 449. The lowest BCUT2D eigenvalue weighted by molar-refractivity contribution is 0.163. The first-order chi connectivity index (χ1) is 10.7. The number of likely N-dealkylation sites (tertiary alicyclic amines) is 1. The molecule has 1 aromatic heterocycles. The van der Waals surface area contributed by atoms with Crippen LogP contribution in [0.5, 0.6) is 0 Å². The molecule has 6 heteroatoms. The minimum atomic E-state index is 0. The van der Waals surface area contributed by atoms with Crippen LogP contribution in [0.1, 0.15) is 43.9 Å². The standard InChI is InChI=1S/C17H30N4S.HI/c1-14(16-8-6-12-22-16)13-20-17(18-3)19-9-11-21-10-5-4-7-15(21)2;/h6,8,12,14-15H,4-5,7,9-11,13H2,1-3H3,(H2,18,19,20);1H. The van der Waals surface area contributed by atoms with Gasteiger partial charge in [-0.05, 0) is 37.8 Å². The van der Waals surface area contributed by atoms with E-state index in [-0.39, 0.29) is 24.0 Å². The Hall–Kier alpha value is -0.340. The van der Waals surface area contributed by atoms with E-state index in [1.54, 1.807) is 0 Å². The average Bonchev–Trinajstić information content (AvgIpc) is 3.06. The highest BCUT2D eigenvalue weighted by atomic mass is 127. The van der Waals surface area contributed by atoms with E-state index in [1.807, 2.05) is 18.4 Å². The van der Waals surface area contributed by atoms with Crippen molar-refractivity contribution < 1.29 is 0 Å². The number of hydrogen-bond donors (Lipinski definition) is 2. The van der Waals surface area contributed by atoms with Gasteiger partial charge < -0.3 is 10.6 Å². The number of halogens is 1. The Balaban J connectivity index is 0.00000264. The van der Waals surface area contributed by atoms with E-state index >= 15 is 0 Å². The summed E-state index contributed by atoms with van der Waals surface area (Å²) in [7, 11) is 1.84. The molecule has 2 unspecified atom stereocenters. The summed E-state index contributed by atoms with van der Waals surface area (Å²) >= 11 is 1.82. The number of hydrogen-bond acceptors (Lipinski definition) is 3. The third kappa shape index (κ3) is 6.97. The maximum absolute atomic E-state index is 4.32. The van der Waals surface area contributed by atoms with Crippen LogP contribution in [-0.4, -0.2) is 50.1 Å². The molecule has 2 rings (SSSR count). The fourth-order valence-corrected chi connectivity index (χ4v) is 3.74. The number of aliphatic imine (C=N–C) groups is 1. The number of piperidine rings is 1. The Kier molecular flexibility index (Phi) is 10.1. The normalized spacial score (nSPS) is 20.7. The van der Waals surface area contributed by atoms with Crippen LogP contribution in [0.3, 0.4) is 0 Å². The smallest absolute Gasteiger partial charge is 0.191 e. The van der Waals surface area contributed by atoms with E-state index in [4.69, 9.17) is 0 Å². The van der Waals surface area contributed by atoms with Crippen molar-refractivity contribution in [2.45, 2.75) is 45.1 Å². The van der Waals surface area contributed by atoms with Crippen molar-refractivity contribution in [3.05, 3.63) is 22.4 Å². The lowest BCUT2D eigenvalue weighted by atomic mass is 10.0. The highest BCUT2D eigenvalue weighted by Gasteiger charge is 2.17. The van der Waals surface area contributed by atoms with Gasteiger partial charge in [-0.15, -0.1) is 35.3 Å². The second-order valence-corrected chi connectivity index (χ2v) is 7.16. The molecule has 0 bridgehead atoms. The van der Waals surface area contributed by atoms with Crippen molar-refractivity contribution in [3.8, 4) is 0 Å². The summed E-state index contributed by atoms with van der Waals surface area (Å²) in [5.41, 5.74) is 0. The van der Waals surface area contributed by atoms with Crippen LogP contribution < -0.4 is 10.6 Å². The summed E-state index contributed by atoms with van der Waals surface area (Å²) in [6, 6.07) is 5.04. The SMILES string of the molecule is CN=C(NCCN1CCCCC1C)NCC(C)c1cccs1.I. The van der Waals surface area contributed by atoms with Crippen LogP contribution in [-0.2, 0) is 0 Å². The highest BCUT2D eigenvalue weighted by Crippen LogP contribution is 2.19. The van der Waals surface area contributed by atoms with Crippen LogP contribution in [0, 0.1) is 0 Å². The van der Waals surface area contributed by atoms with E-state index in [2.05, 4.69) is 51.9 Å². The van der Waals surface area contributed by atoms with E-state index < -0.39 is 0 Å². The second-order valence-electron chi connectivity index (χ2n) is 6.18. The maximum Gasteiger partial charge on any atom is 0.191 e. The first kappa shape index (κ1) is 20.7. The van der Waals surface area contributed by atoms with Crippen LogP contribution in [0.4, 0.5) is 0 Å². The maximum atomic E-state index is 4.32. The molecule has 2 atom stereocenters. The van der Waals surface area contributed by atoms with E-state index in [9.17, 15) is 0 Å². The third-order valence-electron chi connectivity index (χ3n) is 4.46. The van der Waals surface area contributed by atoms with Crippen molar-refractivity contribution in [2.24, 2.45) is 4.99 Å². The molecular formula is C17H31IN4S. The summed E-state index contributed by atoms with van der Waals surface area (Å²) in [4.78, 5) is 8.33. The molecule has 0 radical (unpaired) electrons. The van der Waals surface area contributed by atoms with Crippen molar-refractivity contribution in [1.29, 1.82) is 0 Å². The molecule has 132 valence electrons. The zero-order chi connectivity index (χ0) is 15.8. The van der Waals surface area contributed by atoms with Gasteiger partial charge in [0.05, 0.1) is 0 Å². The largest absolute Gasteiger partial charge is 0.356 e. The molecule has 2 heterocycles. The van der Waals surface area contributed by atoms with Crippen LogP contribution in [0.25, 0.3) is 0 Å². The quantitative estimate of drug-likeness (QED) is 0.396. The average molecular weight is 450 g/mol. The summed E-state index contributed by atoms with van der Waals surface area (Å²) in [6.45, 7) is 8.81. The zero-order valence-corrected chi connectivity index (χ0v) is 17.7. The monoisotopic (exact) mass is 450 g/mol. The third-order valence-corrected chi connectivity index (χ3v) is 5.56. The molecule has 0 amide bonds. The topological polar surface area (TPSA) is 39.7 Å². The molecule has 2 N–H and O–H groups in total. The lowest BCUT2D eigenvalue weighted by Crippen LogP contribution is -2.45. The van der Waals surface area contributed by atoms with E-state index in [1.165, 1.54) is 30.7 Å². The van der Waals surface area contributed by atoms with Gasteiger partial charge in [-0.2, -0.15) is 0 Å². The molecule has 4 nitrogen and oxygen atoms in total. The van der Waals surface area contributed by atoms with Crippen LogP contribution in [0.15, 0.2) is 22.5 Å². The summed E-state index contributed by atoms with van der Waals surface area (Å²) < 4.78 is 0. The van der Waals surface area contributed by atoms with Crippen LogP contribution >= 0.6 is 35.3 Å². The Morgan fingerprint density at radius 1 is 1.43 bits per heavy atom. The van der Waals surface area contributed by atoms with Gasteiger partial charge >= 0.3 is 0 Å². The first-order valence-corrected chi connectivity index (χ1v) is 9.30. The molecule has 1 aliphatic heterocycles. The molecule has 0 aliphatic carbocycles. The van der Waals surface area contributed by atoms with Gasteiger partial charge in [0.15, 0.2) is 5.96 Å². The van der Waals surface area contributed by atoms with Gasteiger partial charge in [0.1, 0.15) is 0 Å². The lowest BCUT2D eigenvalue weighted by Gasteiger charge is -2.33. The molecule has 1 saturated heterocycles. The molecule has 0 aromatic carbocycles. The Morgan fingerprint density at radius 2 is 2.26 bits per heavy atom. The molecule has 23 heavy (non-hydrogen) atoms. The first-order valence-electron chi connectivity index (χ1n) is 8.42. The molecule has 0 spiro atoms. The molecule has 1 aliphatic rings. The predicted octanol–water partition coefficient (Wildman–Crippen LogP) is 3.51. The van der Waals surface area contributed by atoms with Crippen molar-refractivity contribution in [1.82, 2.24) is 15.5 Å².